The van der Waals surface area contributed by atoms with Crippen LogP contribution in [0, 0.1) is 0 Å². The SMILES string of the molecule is CN(C)CCCNC(=O)c1ccc(Cl)n1C. The van der Waals surface area contributed by atoms with E-state index in [1.807, 2.05) is 14.1 Å². The van der Waals surface area contributed by atoms with E-state index in [9.17, 15) is 4.79 Å². The molecule has 0 bridgehead atoms. The fraction of sp³-hybridized carbons (Fsp3) is 0.545. The molecule has 1 aromatic heterocycles. The van der Waals surface area contributed by atoms with Crippen LogP contribution in [-0.4, -0.2) is 42.6 Å². The molecule has 0 aliphatic rings. The van der Waals surface area contributed by atoms with Gasteiger partial charge < -0.3 is 14.8 Å². The van der Waals surface area contributed by atoms with Crippen LogP contribution < -0.4 is 5.32 Å². The van der Waals surface area contributed by atoms with Gasteiger partial charge in [0.1, 0.15) is 10.8 Å². The molecule has 4 nitrogen and oxygen atoms in total. The quantitative estimate of drug-likeness (QED) is 0.793. The van der Waals surface area contributed by atoms with Gasteiger partial charge in [-0.3, -0.25) is 4.79 Å². The molecule has 1 N–H and O–H groups in total. The van der Waals surface area contributed by atoms with Crippen LogP contribution in [-0.2, 0) is 7.05 Å². The Morgan fingerprint density at radius 3 is 2.69 bits per heavy atom. The highest BCUT2D eigenvalue weighted by molar-refractivity contribution is 6.30. The number of hydrogen-bond donors (Lipinski definition) is 1. The molecule has 16 heavy (non-hydrogen) atoms. The standard InChI is InChI=1S/C11H18ClN3O/c1-14(2)8-4-7-13-11(16)9-5-6-10(12)15(9)3/h5-6H,4,7-8H2,1-3H3,(H,13,16). The average Bonchev–Trinajstić information content (AvgIpc) is 2.54. The Labute approximate surface area is 101 Å². The number of nitrogens with one attached hydrogen (secondary N) is 1. The first-order chi connectivity index (χ1) is 7.52. The number of aromatic nitrogens is 1. The summed E-state index contributed by atoms with van der Waals surface area (Å²) in [6.07, 6.45) is 0.941. The predicted octanol–water partition coefficient (Wildman–Crippen LogP) is 1.36. The van der Waals surface area contributed by atoms with E-state index in [0.717, 1.165) is 13.0 Å². The average molecular weight is 244 g/mol. The number of carbonyl (C=O) groups is 1. The molecule has 0 saturated carbocycles. The third-order valence-electron chi connectivity index (χ3n) is 2.36. The monoisotopic (exact) mass is 243 g/mol. The summed E-state index contributed by atoms with van der Waals surface area (Å²) in [5.74, 6) is -0.0758. The van der Waals surface area contributed by atoms with Gasteiger partial charge in [-0.15, -0.1) is 0 Å². The third kappa shape index (κ3) is 3.54. The van der Waals surface area contributed by atoms with E-state index in [4.69, 9.17) is 11.6 Å². The Kier molecular flexibility index (Phi) is 4.83. The molecular formula is C11H18ClN3O. The molecule has 1 rings (SSSR count). The van der Waals surface area contributed by atoms with Crippen molar-refractivity contribution < 1.29 is 4.79 Å². The molecule has 0 fully saturated rings. The maximum absolute atomic E-state index is 11.7. The van der Waals surface area contributed by atoms with Gasteiger partial charge >= 0.3 is 0 Å². The molecule has 1 amide bonds. The first kappa shape index (κ1) is 13.1. The maximum Gasteiger partial charge on any atom is 0.267 e. The zero-order valence-electron chi connectivity index (χ0n) is 9.96. The van der Waals surface area contributed by atoms with Gasteiger partial charge in [-0.1, -0.05) is 11.6 Å². The Morgan fingerprint density at radius 2 is 2.19 bits per heavy atom. The van der Waals surface area contributed by atoms with Crippen molar-refractivity contribution in [3.8, 4) is 0 Å². The Bertz CT molecular complexity index is 360. The Hall–Kier alpha value is -1.00. The summed E-state index contributed by atoms with van der Waals surface area (Å²) >= 11 is 5.85. The second-order valence-electron chi connectivity index (χ2n) is 4.01. The van der Waals surface area contributed by atoms with E-state index in [2.05, 4.69) is 10.2 Å². The Balaban J connectivity index is 2.39. The van der Waals surface area contributed by atoms with Crippen molar-refractivity contribution in [1.29, 1.82) is 0 Å². The minimum atomic E-state index is -0.0758. The van der Waals surface area contributed by atoms with E-state index < -0.39 is 0 Å². The number of carbonyl (C=O) groups excluding carboxylic acids is 1. The van der Waals surface area contributed by atoms with Crippen molar-refractivity contribution in [2.24, 2.45) is 7.05 Å². The minimum Gasteiger partial charge on any atom is -0.351 e. The van der Waals surface area contributed by atoms with Gasteiger partial charge in [0.25, 0.3) is 5.91 Å². The van der Waals surface area contributed by atoms with E-state index >= 15 is 0 Å². The second-order valence-corrected chi connectivity index (χ2v) is 4.40. The Morgan fingerprint density at radius 1 is 1.50 bits per heavy atom. The summed E-state index contributed by atoms with van der Waals surface area (Å²) in [5.41, 5.74) is 0.592. The molecule has 0 atom stereocenters. The van der Waals surface area contributed by atoms with Crippen LogP contribution in [0.4, 0.5) is 0 Å². The van der Waals surface area contributed by atoms with Crippen molar-refractivity contribution >= 4 is 17.5 Å². The zero-order chi connectivity index (χ0) is 12.1. The van der Waals surface area contributed by atoms with E-state index in [0.29, 0.717) is 17.4 Å². The molecule has 0 aromatic carbocycles. The third-order valence-corrected chi connectivity index (χ3v) is 2.74. The van der Waals surface area contributed by atoms with Crippen molar-refractivity contribution in [2.45, 2.75) is 6.42 Å². The summed E-state index contributed by atoms with van der Waals surface area (Å²) < 4.78 is 1.67. The molecule has 1 heterocycles. The topological polar surface area (TPSA) is 37.3 Å². The molecule has 0 radical (unpaired) electrons. The molecular weight excluding hydrogens is 226 g/mol. The lowest BCUT2D eigenvalue weighted by atomic mass is 10.3. The summed E-state index contributed by atoms with van der Waals surface area (Å²) in [5, 5.41) is 3.43. The molecule has 0 unspecified atom stereocenters. The lowest BCUT2D eigenvalue weighted by molar-refractivity contribution is 0.0944. The maximum atomic E-state index is 11.7. The fourth-order valence-corrected chi connectivity index (χ4v) is 1.56. The predicted molar refractivity (Wildman–Crippen MR) is 65.9 cm³/mol. The van der Waals surface area contributed by atoms with Gasteiger partial charge in [-0.2, -0.15) is 0 Å². The van der Waals surface area contributed by atoms with Crippen molar-refractivity contribution in [2.75, 3.05) is 27.2 Å². The highest BCUT2D eigenvalue weighted by Crippen LogP contribution is 2.12. The highest BCUT2D eigenvalue weighted by atomic mass is 35.5. The van der Waals surface area contributed by atoms with E-state index in [1.54, 1.807) is 23.7 Å². The molecule has 0 aliphatic carbocycles. The summed E-state index contributed by atoms with van der Waals surface area (Å²) in [4.78, 5) is 13.8. The summed E-state index contributed by atoms with van der Waals surface area (Å²) in [6.45, 7) is 1.65. The van der Waals surface area contributed by atoms with Crippen LogP contribution in [0.3, 0.4) is 0 Å². The van der Waals surface area contributed by atoms with Crippen LogP contribution in [0.25, 0.3) is 0 Å². The van der Waals surface area contributed by atoms with Crippen molar-refractivity contribution in [3.63, 3.8) is 0 Å². The van der Waals surface area contributed by atoms with Crippen LogP contribution >= 0.6 is 11.6 Å². The second kappa shape index (κ2) is 5.92. The van der Waals surface area contributed by atoms with Gasteiger partial charge in [0.05, 0.1) is 0 Å². The largest absolute Gasteiger partial charge is 0.351 e. The fourth-order valence-electron chi connectivity index (χ4n) is 1.40. The van der Waals surface area contributed by atoms with Crippen molar-refractivity contribution in [1.82, 2.24) is 14.8 Å². The molecule has 90 valence electrons. The molecule has 0 spiro atoms. The minimum absolute atomic E-state index is 0.0758. The first-order valence-electron chi connectivity index (χ1n) is 5.26. The van der Waals surface area contributed by atoms with Gasteiger partial charge in [0.15, 0.2) is 0 Å². The number of halogens is 1. The van der Waals surface area contributed by atoms with Crippen LogP contribution in [0.2, 0.25) is 5.15 Å². The van der Waals surface area contributed by atoms with Crippen LogP contribution in [0.5, 0.6) is 0 Å². The summed E-state index contributed by atoms with van der Waals surface area (Å²) in [7, 11) is 5.80. The number of rotatable bonds is 5. The number of hydrogen-bond acceptors (Lipinski definition) is 2. The van der Waals surface area contributed by atoms with Gasteiger partial charge in [0, 0.05) is 13.6 Å². The zero-order valence-corrected chi connectivity index (χ0v) is 10.7. The van der Waals surface area contributed by atoms with E-state index in [1.165, 1.54) is 0 Å². The number of amides is 1. The van der Waals surface area contributed by atoms with Gasteiger partial charge in [-0.25, -0.2) is 0 Å². The molecule has 5 heteroatoms. The first-order valence-corrected chi connectivity index (χ1v) is 5.64. The van der Waals surface area contributed by atoms with E-state index in [-0.39, 0.29) is 5.91 Å². The number of nitrogens with zero attached hydrogens (tertiary/aromatic N) is 2. The van der Waals surface area contributed by atoms with Gasteiger partial charge in [0.2, 0.25) is 0 Å². The lowest BCUT2D eigenvalue weighted by Gasteiger charge is -2.10. The van der Waals surface area contributed by atoms with Crippen LogP contribution in [0.1, 0.15) is 16.9 Å². The molecule has 0 saturated heterocycles. The highest BCUT2D eigenvalue weighted by Gasteiger charge is 2.10. The molecule has 0 aliphatic heterocycles. The van der Waals surface area contributed by atoms with Crippen LogP contribution in [0.15, 0.2) is 12.1 Å². The van der Waals surface area contributed by atoms with Gasteiger partial charge in [-0.05, 0) is 39.2 Å². The smallest absolute Gasteiger partial charge is 0.267 e. The normalized spacial score (nSPS) is 10.8. The lowest BCUT2D eigenvalue weighted by Crippen LogP contribution is -2.28. The summed E-state index contributed by atoms with van der Waals surface area (Å²) in [6, 6.07) is 3.44. The molecule has 1 aromatic rings. The van der Waals surface area contributed by atoms with Crippen molar-refractivity contribution in [3.05, 3.63) is 23.0 Å².